The van der Waals surface area contributed by atoms with Crippen molar-refractivity contribution in [3.8, 4) is 0 Å². The van der Waals surface area contributed by atoms with Crippen molar-refractivity contribution in [2.24, 2.45) is 0 Å². The van der Waals surface area contributed by atoms with Crippen molar-refractivity contribution in [2.45, 2.75) is 0 Å². The Morgan fingerprint density at radius 3 is 2.83 bits per heavy atom. The molecule has 0 aromatic carbocycles. The molecule has 0 bridgehead atoms. The number of fused-ring (bicyclic) bond motifs is 1. The van der Waals surface area contributed by atoms with Gasteiger partial charge in [0, 0.05) is 11.8 Å². The van der Waals surface area contributed by atoms with E-state index >= 15 is 0 Å². The molecule has 0 fully saturated rings. The van der Waals surface area contributed by atoms with Gasteiger partial charge in [-0.3, -0.25) is 9.78 Å². The average molecular weight is 188 g/mol. The standard InChI is InChI=1S/C4H2ClN5O2/c5-10-3(11)1-2(6-4(10)12)8-9-7-1/h(H2,6,7,8,9,12). The molecule has 0 saturated heterocycles. The predicted octanol–water partition coefficient (Wildman–Crippen LogP) is -1.19. The third kappa shape index (κ3) is 0.766. The maximum absolute atomic E-state index is 11.1. The molecule has 0 saturated carbocycles. The molecule has 2 rings (SSSR count). The van der Waals surface area contributed by atoms with Crippen LogP contribution in [0.15, 0.2) is 9.59 Å². The lowest BCUT2D eigenvalue weighted by molar-refractivity contribution is 0.953. The van der Waals surface area contributed by atoms with E-state index in [1.54, 1.807) is 0 Å². The molecule has 2 aromatic rings. The zero-order valence-corrected chi connectivity index (χ0v) is 6.29. The highest BCUT2D eigenvalue weighted by Crippen LogP contribution is 1.92. The summed E-state index contributed by atoms with van der Waals surface area (Å²) in [4.78, 5) is 24.2. The monoisotopic (exact) mass is 187 g/mol. The van der Waals surface area contributed by atoms with Crippen molar-refractivity contribution in [2.75, 3.05) is 0 Å². The Morgan fingerprint density at radius 1 is 1.33 bits per heavy atom. The number of hydrogen-bond acceptors (Lipinski definition) is 4. The molecule has 0 radical (unpaired) electrons. The number of aromatic nitrogens is 5. The Morgan fingerprint density at radius 2 is 2.08 bits per heavy atom. The van der Waals surface area contributed by atoms with Crippen LogP contribution in [0.25, 0.3) is 11.2 Å². The fourth-order valence-electron chi connectivity index (χ4n) is 0.803. The molecule has 8 heteroatoms. The van der Waals surface area contributed by atoms with Crippen molar-refractivity contribution >= 4 is 22.9 Å². The van der Waals surface area contributed by atoms with Crippen LogP contribution < -0.4 is 11.2 Å². The molecule has 0 spiro atoms. The first-order chi connectivity index (χ1) is 5.70. The van der Waals surface area contributed by atoms with Crippen LogP contribution in [0, 0.1) is 0 Å². The number of nitrogens with zero attached hydrogens (tertiary/aromatic N) is 3. The van der Waals surface area contributed by atoms with Gasteiger partial charge in [0.25, 0.3) is 0 Å². The van der Waals surface area contributed by atoms with Crippen molar-refractivity contribution < 1.29 is 0 Å². The van der Waals surface area contributed by atoms with Crippen LogP contribution in [-0.4, -0.2) is 24.5 Å². The quantitative estimate of drug-likeness (QED) is 0.542. The molecule has 2 heterocycles. The molecular weight excluding hydrogens is 186 g/mol. The smallest absolute Gasteiger partial charge is 0.287 e. The van der Waals surface area contributed by atoms with Crippen LogP contribution >= 0.6 is 11.8 Å². The van der Waals surface area contributed by atoms with Gasteiger partial charge in [0.05, 0.1) is 0 Å². The highest BCUT2D eigenvalue weighted by Gasteiger charge is 2.07. The van der Waals surface area contributed by atoms with Crippen LogP contribution in [0.4, 0.5) is 0 Å². The molecule has 0 aliphatic rings. The second-order valence-electron chi connectivity index (χ2n) is 2.04. The molecule has 62 valence electrons. The fourth-order valence-corrected chi connectivity index (χ4v) is 0.925. The first-order valence-corrected chi connectivity index (χ1v) is 3.26. The minimum Gasteiger partial charge on any atom is -0.287 e. The minimum absolute atomic E-state index is 0.00426. The van der Waals surface area contributed by atoms with E-state index in [4.69, 9.17) is 11.8 Å². The van der Waals surface area contributed by atoms with Crippen LogP contribution in [-0.2, 0) is 0 Å². The van der Waals surface area contributed by atoms with E-state index in [0.717, 1.165) is 0 Å². The maximum atomic E-state index is 11.1. The van der Waals surface area contributed by atoms with Gasteiger partial charge in [0.1, 0.15) is 0 Å². The lowest BCUT2D eigenvalue weighted by Crippen LogP contribution is -2.29. The average Bonchev–Trinajstić information content (AvgIpc) is 2.48. The summed E-state index contributed by atoms with van der Waals surface area (Å²) in [5, 5.41) is 9.20. The van der Waals surface area contributed by atoms with E-state index in [1.807, 2.05) is 0 Å². The first-order valence-electron chi connectivity index (χ1n) is 2.92. The van der Waals surface area contributed by atoms with Gasteiger partial charge < -0.3 is 0 Å². The highest BCUT2D eigenvalue weighted by atomic mass is 35.5. The number of hydrogen-bond donors (Lipinski definition) is 2. The van der Waals surface area contributed by atoms with E-state index in [0.29, 0.717) is 4.09 Å². The molecular formula is C4H2ClN5O2. The summed E-state index contributed by atoms with van der Waals surface area (Å²) in [6, 6.07) is 0. The fraction of sp³-hybridized carbons (Fsp3) is 0. The number of H-pyrrole nitrogens is 2. The molecule has 0 unspecified atom stereocenters. The molecule has 0 aliphatic carbocycles. The molecule has 0 aliphatic heterocycles. The molecule has 7 nitrogen and oxygen atoms in total. The second kappa shape index (κ2) is 2.18. The number of halogens is 1. The van der Waals surface area contributed by atoms with Gasteiger partial charge in [-0.15, -0.1) is 10.2 Å². The van der Waals surface area contributed by atoms with Gasteiger partial charge >= 0.3 is 11.2 Å². The molecule has 0 amide bonds. The Kier molecular flexibility index (Phi) is 1.28. The lowest BCUT2D eigenvalue weighted by atomic mass is 10.5. The van der Waals surface area contributed by atoms with Gasteiger partial charge in [-0.2, -0.15) is 9.30 Å². The third-order valence-electron chi connectivity index (χ3n) is 1.33. The summed E-state index contributed by atoms with van der Waals surface area (Å²) >= 11 is 5.29. The number of nitrogens with one attached hydrogen (secondary N) is 2. The molecule has 2 aromatic heterocycles. The summed E-state index contributed by atoms with van der Waals surface area (Å²) in [6.07, 6.45) is 0. The zero-order chi connectivity index (χ0) is 8.72. The van der Waals surface area contributed by atoms with E-state index in [1.165, 1.54) is 0 Å². The van der Waals surface area contributed by atoms with Crippen LogP contribution in [0.3, 0.4) is 0 Å². The Hall–Kier alpha value is -1.63. The van der Waals surface area contributed by atoms with Gasteiger partial charge in [0.2, 0.25) is 0 Å². The first kappa shape index (κ1) is 7.04. The summed E-state index contributed by atoms with van der Waals surface area (Å²) in [5.41, 5.74) is -1.32. The SMILES string of the molecule is O=c1[nH]c2n[nH]nc2c(=O)n1Cl. The third-order valence-corrected chi connectivity index (χ3v) is 1.64. The largest absolute Gasteiger partial charge is 0.345 e. The number of rotatable bonds is 0. The summed E-state index contributed by atoms with van der Waals surface area (Å²) in [7, 11) is 0. The topological polar surface area (TPSA) is 96.4 Å². The number of aromatic amines is 2. The van der Waals surface area contributed by atoms with E-state index < -0.39 is 11.2 Å². The van der Waals surface area contributed by atoms with Gasteiger partial charge in [-0.05, 0) is 0 Å². The minimum atomic E-state index is -0.733. The van der Waals surface area contributed by atoms with Gasteiger partial charge in [-0.25, -0.2) is 4.79 Å². The van der Waals surface area contributed by atoms with E-state index in [-0.39, 0.29) is 11.2 Å². The normalized spacial score (nSPS) is 10.8. The Bertz CT molecular complexity index is 536. The Labute approximate surface area is 69.1 Å². The van der Waals surface area contributed by atoms with Crippen LogP contribution in [0.2, 0.25) is 0 Å². The van der Waals surface area contributed by atoms with E-state index in [9.17, 15) is 9.59 Å². The lowest BCUT2D eigenvalue weighted by Gasteiger charge is -1.88. The molecule has 12 heavy (non-hydrogen) atoms. The van der Waals surface area contributed by atoms with Crippen molar-refractivity contribution in [3.63, 3.8) is 0 Å². The second-order valence-corrected chi connectivity index (χ2v) is 2.38. The van der Waals surface area contributed by atoms with Gasteiger partial charge in [0.15, 0.2) is 11.2 Å². The summed E-state index contributed by atoms with van der Waals surface area (Å²) in [6.45, 7) is 0. The highest BCUT2D eigenvalue weighted by molar-refractivity contribution is 6.15. The maximum Gasteiger partial charge on any atom is 0.345 e. The van der Waals surface area contributed by atoms with Crippen LogP contribution in [0.1, 0.15) is 0 Å². The van der Waals surface area contributed by atoms with Crippen molar-refractivity contribution in [3.05, 3.63) is 20.8 Å². The van der Waals surface area contributed by atoms with Crippen LogP contribution in [0.5, 0.6) is 0 Å². The summed E-state index contributed by atoms with van der Waals surface area (Å²) < 4.78 is 0.408. The Balaban J connectivity index is 3.16. The molecule has 2 N–H and O–H groups in total. The van der Waals surface area contributed by atoms with E-state index in [2.05, 4.69) is 20.4 Å². The van der Waals surface area contributed by atoms with Crippen molar-refractivity contribution in [1.29, 1.82) is 0 Å². The molecule has 0 atom stereocenters. The van der Waals surface area contributed by atoms with Gasteiger partial charge in [-0.1, -0.05) is 0 Å². The predicted molar refractivity (Wildman–Crippen MR) is 40.0 cm³/mol. The zero-order valence-electron chi connectivity index (χ0n) is 5.54. The summed E-state index contributed by atoms with van der Waals surface area (Å²) in [5.74, 6) is 0. The van der Waals surface area contributed by atoms with Crippen molar-refractivity contribution in [1.82, 2.24) is 24.5 Å².